The summed E-state index contributed by atoms with van der Waals surface area (Å²) >= 11 is 0. The van der Waals surface area contributed by atoms with Crippen molar-refractivity contribution in [1.29, 1.82) is 0 Å². The fourth-order valence-corrected chi connectivity index (χ4v) is 3.93. The average molecular weight is 431 g/mol. The third-order valence-corrected chi connectivity index (χ3v) is 5.95. The van der Waals surface area contributed by atoms with E-state index in [1.807, 2.05) is 13.0 Å². The Balaban J connectivity index is 1.43. The molecule has 1 amide bonds. The van der Waals surface area contributed by atoms with Crippen LogP contribution < -0.4 is 15.4 Å². The van der Waals surface area contributed by atoms with Crippen molar-refractivity contribution in [2.45, 2.75) is 58.3 Å². The number of carbonyl (C=O) groups is 1. The predicted octanol–water partition coefficient (Wildman–Crippen LogP) is 3.46. The van der Waals surface area contributed by atoms with Crippen LogP contribution in [0.1, 0.15) is 80.0 Å². The number of anilines is 1. The van der Waals surface area contributed by atoms with Crippen molar-refractivity contribution in [3.63, 3.8) is 0 Å². The number of aliphatic hydroxyl groups is 1. The number of nitrogens with zero attached hydrogens (tertiary/aromatic N) is 3. The Kier molecular flexibility index (Phi) is 7.90. The summed E-state index contributed by atoms with van der Waals surface area (Å²) in [6.45, 7) is 8.40. The number of benzene rings is 1. The monoisotopic (exact) mass is 430 g/mol. The van der Waals surface area contributed by atoms with Gasteiger partial charge in [0.15, 0.2) is 5.82 Å². The van der Waals surface area contributed by atoms with Crippen molar-refractivity contribution in [3.8, 4) is 5.75 Å². The summed E-state index contributed by atoms with van der Waals surface area (Å²) in [6, 6.07) is 5.90. The lowest BCUT2D eigenvalue weighted by molar-refractivity contribution is 0.0998. The van der Waals surface area contributed by atoms with E-state index in [-0.39, 0.29) is 18.4 Å². The second-order valence-corrected chi connectivity index (χ2v) is 8.71. The van der Waals surface area contributed by atoms with E-state index in [0.29, 0.717) is 29.9 Å². The fourth-order valence-electron chi connectivity index (χ4n) is 3.93. The molecule has 31 heavy (non-hydrogen) atoms. The van der Waals surface area contributed by atoms with Crippen LogP contribution in [0.25, 0.3) is 0 Å². The van der Waals surface area contributed by atoms with Gasteiger partial charge in [0.2, 0.25) is 5.91 Å². The molecule has 0 unspecified atom stereocenters. The van der Waals surface area contributed by atoms with Gasteiger partial charge in [-0.1, -0.05) is 25.9 Å². The SMILES string of the molecule is CC(C)c1noc(N2CCC(CCCOc3ccc(C(N)=O)c([C@@H](C)CO)c3)CC2)n1. The van der Waals surface area contributed by atoms with Crippen LogP contribution in [0.2, 0.25) is 0 Å². The third-order valence-electron chi connectivity index (χ3n) is 5.95. The predicted molar refractivity (Wildman–Crippen MR) is 119 cm³/mol. The zero-order valence-electron chi connectivity index (χ0n) is 18.7. The van der Waals surface area contributed by atoms with Gasteiger partial charge in [-0.25, -0.2) is 0 Å². The number of primary amides is 1. The highest BCUT2D eigenvalue weighted by molar-refractivity contribution is 5.94. The largest absolute Gasteiger partial charge is 0.494 e. The highest BCUT2D eigenvalue weighted by Crippen LogP contribution is 2.27. The maximum atomic E-state index is 11.6. The lowest BCUT2D eigenvalue weighted by atomic mass is 9.92. The van der Waals surface area contributed by atoms with Gasteiger partial charge in [-0.2, -0.15) is 4.98 Å². The van der Waals surface area contributed by atoms with E-state index >= 15 is 0 Å². The quantitative estimate of drug-likeness (QED) is 0.555. The molecule has 0 saturated carbocycles. The van der Waals surface area contributed by atoms with Crippen LogP contribution in [0.5, 0.6) is 5.75 Å². The highest BCUT2D eigenvalue weighted by atomic mass is 16.5. The Hall–Kier alpha value is -2.61. The lowest BCUT2D eigenvalue weighted by Crippen LogP contribution is -2.34. The maximum absolute atomic E-state index is 11.6. The maximum Gasteiger partial charge on any atom is 0.324 e. The first kappa shape index (κ1) is 23.1. The van der Waals surface area contributed by atoms with E-state index in [2.05, 4.69) is 28.9 Å². The van der Waals surface area contributed by atoms with Crippen molar-refractivity contribution < 1.29 is 19.2 Å². The zero-order chi connectivity index (χ0) is 22.4. The van der Waals surface area contributed by atoms with Gasteiger partial charge in [0.05, 0.1) is 6.61 Å². The highest BCUT2D eigenvalue weighted by Gasteiger charge is 2.23. The summed E-state index contributed by atoms with van der Waals surface area (Å²) in [5.41, 5.74) is 6.60. The number of rotatable bonds is 10. The smallest absolute Gasteiger partial charge is 0.324 e. The molecule has 0 aliphatic carbocycles. The molecule has 2 aromatic rings. The van der Waals surface area contributed by atoms with Crippen LogP contribution in [0.3, 0.4) is 0 Å². The van der Waals surface area contributed by atoms with Gasteiger partial charge in [0.1, 0.15) is 5.75 Å². The van der Waals surface area contributed by atoms with Gasteiger partial charge in [0, 0.05) is 37.1 Å². The molecule has 1 saturated heterocycles. The Labute approximate surface area is 183 Å². The van der Waals surface area contributed by atoms with E-state index < -0.39 is 5.91 Å². The van der Waals surface area contributed by atoms with E-state index in [1.165, 1.54) is 0 Å². The molecule has 2 heterocycles. The molecule has 8 nitrogen and oxygen atoms in total. The molecule has 1 aliphatic heterocycles. The lowest BCUT2D eigenvalue weighted by Gasteiger charge is -2.30. The van der Waals surface area contributed by atoms with Gasteiger partial charge in [-0.05, 0) is 55.4 Å². The molecule has 0 bridgehead atoms. The standard InChI is InChI=1S/C23H34N4O4/c1-15(2)22-25-23(31-26-22)27-10-8-17(9-11-27)5-4-12-30-18-6-7-19(21(24)29)20(13-18)16(3)14-28/h6-7,13,15-17,28H,4-5,8-12,14H2,1-3H3,(H2,24,29)/t16-/m0/s1. The molecule has 1 aromatic carbocycles. The van der Waals surface area contributed by atoms with Gasteiger partial charge in [0.25, 0.3) is 0 Å². The Morgan fingerprint density at radius 1 is 1.32 bits per heavy atom. The minimum absolute atomic E-state index is 0.0508. The number of aliphatic hydroxyl groups excluding tert-OH is 1. The Morgan fingerprint density at radius 2 is 2.06 bits per heavy atom. The molecule has 8 heteroatoms. The Morgan fingerprint density at radius 3 is 2.68 bits per heavy atom. The molecule has 3 rings (SSSR count). The zero-order valence-corrected chi connectivity index (χ0v) is 18.7. The summed E-state index contributed by atoms with van der Waals surface area (Å²) in [6.07, 6.45) is 4.27. The van der Waals surface area contributed by atoms with Crippen LogP contribution in [-0.2, 0) is 0 Å². The van der Waals surface area contributed by atoms with E-state index in [9.17, 15) is 9.90 Å². The van der Waals surface area contributed by atoms with Gasteiger partial charge in [-0.15, -0.1) is 0 Å². The molecular formula is C23H34N4O4. The molecular weight excluding hydrogens is 396 g/mol. The summed E-state index contributed by atoms with van der Waals surface area (Å²) in [5, 5.41) is 13.5. The van der Waals surface area contributed by atoms with Gasteiger partial charge in [-0.3, -0.25) is 4.79 Å². The van der Waals surface area contributed by atoms with Crippen LogP contribution in [-0.4, -0.2) is 47.5 Å². The molecule has 0 spiro atoms. The second kappa shape index (κ2) is 10.6. The minimum Gasteiger partial charge on any atom is -0.494 e. The molecule has 3 N–H and O–H groups in total. The van der Waals surface area contributed by atoms with Crippen molar-refractivity contribution in [3.05, 3.63) is 35.2 Å². The molecule has 1 fully saturated rings. The summed E-state index contributed by atoms with van der Waals surface area (Å²) in [4.78, 5) is 18.3. The topological polar surface area (TPSA) is 115 Å². The number of hydrogen-bond donors (Lipinski definition) is 2. The number of amides is 1. The molecule has 0 radical (unpaired) electrons. The normalized spacial score (nSPS) is 16.0. The average Bonchev–Trinajstić information content (AvgIpc) is 3.27. The van der Waals surface area contributed by atoms with E-state index in [1.54, 1.807) is 12.1 Å². The van der Waals surface area contributed by atoms with Crippen LogP contribution in [0.4, 0.5) is 6.01 Å². The molecule has 1 atom stereocenters. The van der Waals surface area contributed by atoms with E-state index in [4.69, 9.17) is 15.0 Å². The van der Waals surface area contributed by atoms with Crippen LogP contribution in [0, 0.1) is 5.92 Å². The number of aromatic nitrogens is 2. The number of nitrogens with two attached hydrogens (primary N) is 1. The third kappa shape index (κ3) is 5.97. The van der Waals surface area contributed by atoms with Crippen LogP contribution >= 0.6 is 0 Å². The number of hydrogen-bond acceptors (Lipinski definition) is 7. The van der Waals surface area contributed by atoms with Crippen molar-refractivity contribution in [1.82, 2.24) is 10.1 Å². The van der Waals surface area contributed by atoms with Crippen molar-refractivity contribution in [2.24, 2.45) is 11.7 Å². The summed E-state index contributed by atoms with van der Waals surface area (Å²) in [7, 11) is 0. The van der Waals surface area contributed by atoms with Crippen molar-refractivity contribution in [2.75, 3.05) is 31.2 Å². The van der Waals surface area contributed by atoms with E-state index in [0.717, 1.165) is 50.2 Å². The first-order chi connectivity index (χ1) is 14.9. The first-order valence-corrected chi connectivity index (χ1v) is 11.1. The van der Waals surface area contributed by atoms with Crippen molar-refractivity contribution >= 4 is 11.9 Å². The molecule has 1 aliphatic rings. The summed E-state index contributed by atoms with van der Waals surface area (Å²) in [5.74, 6) is 1.72. The number of ether oxygens (including phenoxy) is 1. The fraction of sp³-hybridized carbons (Fsp3) is 0.609. The summed E-state index contributed by atoms with van der Waals surface area (Å²) < 4.78 is 11.3. The van der Waals surface area contributed by atoms with Gasteiger partial charge >= 0.3 is 6.01 Å². The van der Waals surface area contributed by atoms with Crippen LogP contribution in [0.15, 0.2) is 22.7 Å². The Bertz CT molecular complexity index is 859. The minimum atomic E-state index is -0.492. The molecule has 170 valence electrons. The second-order valence-electron chi connectivity index (χ2n) is 8.71. The molecule has 1 aromatic heterocycles. The first-order valence-electron chi connectivity index (χ1n) is 11.1. The number of carbonyl (C=O) groups excluding carboxylic acids is 1. The number of piperidine rings is 1. The van der Waals surface area contributed by atoms with Gasteiger partial charge < -0.3 is 25.0 Å².